The number of halogens is 3. The zero-order valence-corrected chi connectivity index (χ0v) is 13.9. The molecule has 24 heavy (non-hydrogen) atoms. The molecule has 8 heteroatoms. The number of rotatable bonds is 5. The van der Waals surface area contributed by atoms with Gasteiger partial charge in [0.25, 0.3) is 0 Å². The number of piperazine rings is 1. The smallest absolute Gasteiger partial charge is 0.319 e. The molecule has 0 aromatic heterocycles. The average molecular weight is 344 g/mol. The third kappa shape index (κ3) is 5.38. The molecule has 1 fully saturated rings. The molecule has 5 nitrogen and oxygen atoms in total. The number of amides is 2. The van der Waals surface area contributed by atoms with Crippen molar-refractivity contribution in [1.29, 1.82) is 0 Å². The summed E-state index contributed by atoms with van der Waals surface area (Å²) < 4.78 is 39.4. The molecule has 2 N–H and O–H groups in total. The van der Waals surface area contributed by atoms with Gasteiger partial charge in [-0.15, -0.1) is 0 Å². The van der Waals surface area contributed by atoms with Gasteiger partial charge in [0.1, 0.15) is 5.82 Å². The maximum Gasteiger partial charge on any atom is 0.319 e. The lowest BCUT2D eigenvalue weighted by molar-refractivity contribution is 0.138. The fraction of sp³-hybridized carbons (Fsp3) is 0.562. The maximum atomic E-state index is 13.5. The van der Waals surface area contributed by atoms with E-state index in [-0.39, 0.29) is 5.92 Å². The van der Waals surface area contributed by atoms with Gasteiger partial charge >= 0.3 is 6.03 Å². The minimum atomic E-state index is -1.29. The van der Waals surface area contributed by atoms with Crippen molar-refractivity contribution in [2.24, 2.45) is 5.92 Å². The second-order valence-corrected chi connectivity index (χ2v) is 6.29. The Balaban J connectivity index is 1.75. The Morgan fingerprint density at radius 3 is 2.42 bits per heavy atom. The molecule has 2 amide bonds. The zero-order valence-electron chi connectivity index (χ0n) is 13.9. The van der Waals surface area contributed by atoms with E-state index in [1.807, 2.05) is 6.92 Å². The first-order valence-electron chi connectivity index (χ1n) is 7.95. The molecule has 1 atom stereocenters. The third-order valence-corrected chi connectivity index (χ3v) is 4.04. The highest BCUT2D eigenvalue weighted by Crippen LogP contribution is 2.18. The topological polar surface area (TPSA) is 47.6 Å². The first-order valence-corrected chi connectivity index (χ1v) is 7.95. The Labute approximate surface area is 139 Å². The Morgan fingerprint density at radius 1 is 1.12 bits per heavy atom. The van der Waals surface area contributed by atoms with E-state index >= 15 is 0 Å². The van der Waals surface area contributed by atoms with Crippen molar-refractivity contribution in [3.63, 3.8) is 0 Å². The second kappa shape index (κ2) is 8.34. The summed E-state index contributed by atoms with van der Waals surface area (Å²) in [5.41, 5.74) is -0.391. The normalized spacial score (nSPS) is 17.5. The van der Waals surface area contributed by atoms with Crippen molar-refractivity contribution in [2.75, 3.05) is 51.6 Å². The SMILES string of the molecule is C[C@H](CNC(=O)Nc1cc(F)c(F)cc1F)CN1CCN(C)CC1. The van der Waals surface area contributed by atoms with Crippen LogP contribution in [-0.4, -0.2) is 62.1 Å². The van der Waals surface area contributed by atoms with Gasteiger partial charge in [-0.3, -0.25) is 0 Å². The molecule has 1 saturated heterocycles. The molecular formula is C16H23F3N4O. The van der Waals surface area contributed by atoms with Gasteiger partial charge in [-0.25, -0.2) is 18.0 Å². The van der Waals surface area contributed by atoms with Crippen LogP contribution in [-0.2, 0) is 0 Å². The monoisotopic (exact) mass is 344 g/mol. The number of hydrogen-bond donors (Lipinski definition) is 2. The molecule has 1 aromatic carbocycles. The van der Waals surface area contributed by atoms with E-state index in [0.29, 0.717) is 18.7 Å². The Hall–Kier alpha value is -1.80. The van der Waals surface area contributed by atoms with Crippen LogP contribution in [0.4, 0.5) is 23.7 Å². The van der Waals surface area contributed by atoms with Crippen molar-refractivity contribution >= 4 is 11.7 Å². The largest absolute Gasteiger partial charge is 0.338 e. The van der Waals surface area contributed by atoms with Crippen LogP contribution in [0, 0.1) is 23.4 Å². The highest BCUT2D eigenvalue weighted by atomic mass is 19.2. The standard InChI is InChI=1S/C16H23F3N4O/c1-11(10-23-5-3-22(2)4-6-23)9-20-16(24)21-15-8-13(18)12(17)7-14(15)19/h7-8,11H,3-6,9-10H2,1-2H3,(H2,20,21,24)/t11-/m1/s1. The van der Waals surface area contributed by atoms with Crippen molar-refractivity contribution in [3.05, 3.63) is 29.6 Å². The second-order valence-electron chi connectivity index (χ2n) is 6.29. The van der Waals surface area contributed by atoms with Crippen molar-refractivity contribution in [2.45, 2.75) is 6.92 Å². The van der Waals surface area contributed by atoms with Crippen LogP contribution < -0.4 is 10.6 Å². The Bertz CT molecular complexity index is 577. The lowest BCUT2D eigenvalue weighted by Crippen LogP contribution is -2.47. The summed E-state index contributed by atoms with van der Waals surface area (Å²) in [5, 5.41) is 4.81. The fourth-order valence-corrected chi connectivity index (χ4v) is 2.59. The summed E-state index contributed by atoms with van der Waals surface area (Å²) >= 11 is 0. The van der Waals surface area contributed by atoms with Crippen molar-refractivity contribution < 1.29 is 18.0 Å². The van der Waals surface area contributed by atoms with Crippen LogP contribution in [0.2, 0.25) is 0 Å². The molecule has 0 bridgehead atoms. The van der Waals surface area contributed by atoms with Gasteiger partial charge in [0, 0.05) is 51.4 Å². The Morgan fingerprint density at radius 2 is 1.75 bits per heavy atom. The zero-order chi connectivity index (χ0) is 17.7. The van der Waals surface area contributed by atoms with Gasteiger partial charge in [-0.05, 0) is 13.0 Å². The number of benzene rings is 1. The molecule has 0 radical (unpaired) electrons. The van der Waals surface area contributed by atoms with Gasteiger partial charge in [-0.2, -0.15) is 0 Å². The van der Waals surface area contributed by atoms with E-state index in [4.69, 9.17) is 0 Å². The summed E-state index contributed by atoms with van der Waals surface area (Å²) in [5.74, 6) is -3.31. The number of likely N-dealkylation sites (N-methyl/N-ethyl adjacent to an activating group) is 1. The van der Waals surface area contributed by atoms with E-state index in [9.17, 15) is 18.0 Å². The third-order valence-electron chi connectivity index (χ3n) is 4.04. The number of carbonyl (C=O) groups is 1. The van der Waals surface area contributed by atoms with Crippen molar-refractivity contribution in [1.82, 2.24) is 15.1 Å². The molecule has 1 aliphatic heterocycles. The molecular weight excluding hydrogens is 321 g/mol. The van der Waals surface area contributed by atoms with E-state index in [2.05, 4.69) is 27.5 Å². The minimum Gasteiger partial charge on any atom is -0.338 e. The predicted octanol–water partition coefficient (Wildman–Crippen LogP) is 2.11. The molecule has 2 rings (SSSR count). The molecule has 0 unspecified atom stereocenters. The number of nitrogens with zero attached hydrogens (tertiary/aromatic N) is 2. The van der Waals surface area contributed by atoms with Crippen LogP contribution in [0.15, 0.2) is 12.1 Å². The number of carbonyl (C=O) groups excluding carboxylic acids is 1. The maximum absolute atomic E-state index is 13.5. The number of anilines is 1. The first kappa shape index (κ1) is 18.5. The number of urea groups is 1. The summed E-state index contributed by atoms with van der Waals surface area (Å²) in [6.45, 7) is 7.31. The van der Waals surface area contributed by atoms with E-state index in [1.165, 1.54) is 0 Å². The van der Waals surface area contributed by atoms with Gasteiger partial charge in [0.05, 0.1) is 5.69 Å². The molecule has 0 spiro atoms. The summed E-state index contributed by atoms with van der Waals surface area (Å²) in [7, 11) is 2.09. The van der Waals surface area contributed by atoms with Crippen molar-refractivity contribution in [3.8, 4) is 0 Å². The lowest BCUT2D eigenvalue weighted by atomic mass is 10.1. The highest BCUT2D eigenvalue weighted by molar-refractivity contribution is 5.89. The van der Waals surface area contributed by atoms with Gasteiger partial charge in [-0.1, -0.05) is 6.92 Å². The fourth-order valence-electron chi connectivity index (χ4n) is 2.59. The van der Waals surface area contributed by atoms with E-state index in [1.54, 1.807) is 0 Å². The molecule has 1 heterocycles. The lowest BCUT2D eigenvalue weighted by Gasteiger charge is -2.33. The quantitative estimate of drug-likeness (QED) is 0.805. The van der Waals surface area contributed by atoms with Crippen LogP contribution in [0.3, 0.4) is 0 Å². The van der Waals surface area contributed by atoms with Gasteiger partial charge in [0.15, 0.2) is 11.6 Å². The van der Waals surface area contributed by atoms with Crippen LogP contribution in [0.5, 0.6) is 0 Å². The molecule has 1 aliphatic rings. The minimum absolute atomic E-state index is 0.217. The highest BCUT2D eigenvalue weighted by Gasteiger charge is 2.17. The average Bonchev–Trinajstić information content (AvgIpc) is 2.53. The summed E-state index contributed by atoms with van der Waals surface area (Å²) in [4.78, 5) is 16.4. The Kier molecular flexibility index (Phi) is 6.44. The summed E-state index contributed by atoms with van der Waals surface area (Å²) in [6.07, 6.45) is 0. The number of nitrogens with one attached hydrogen (secondary N) is 2. The molecule has 0 aliphatic carbocycles. The van der Waals surface area contributed by atoms with Crippen LogP contribution >= 0.6 is 0 Å². The summed E-state index contributed by atoms with van der Waals surface area (Å²) in [6, 6.07) is 0.379. The molecule has 134 valence electrons. The molecule has 1 aromatic rings. The van der Waals surface area contributed by atoms with Gasteiger partial charge in [0.2, 0.25) is 0 Å². The first-order chi connectivity index (χ1) is 11.3. The van der Waals surface area contributed by atoms with Gasteiger partial charge < -0.3 is 20.4 Å². The van der Waals surface area contributed by atoms with Crippen LogP contribution in [0.25, 0.3) is 0 Å². The predicted molar refractivity (Wildman–Crippen MR) is 86.4 cm³/mol. The van der Waals surface area contributed by atoms with E-state index < -0.39 is 29.2 Å². The van der Waals surface area contributed by atoms with Crippen LogP contribution in [0.1, 0.15) is 6.92 Å². The number of hydrogen-bond acceptors (Lipinski definition) is 3. The molecule has 0 saturated carbocycles. The van der Waals surface area contributed by atoms with E-state index in [0.717, 1.165) is 32.7 Å².